The molecule has 0 fully saturated rings. The molecule has 0 bridgehead atoms. The number of rotatable bonds is 0. The average molecular weight is 166 g/mol. The van der Waals surface area contributed by atoms with E-state index in [4.69, 9.17) is 11.6 Å². The fourth-order valence-corrected chi connectivity index (χ4v) is 1.87. The maximum absolute atomic E-state index is 10.5. The summed E-state index contributed by atoms with van der Waals surface area (Å²) in [5.74, 6) is 0. The van der Waals surface area contributed by atoms with Crippen LogP contribution in [0.3, 0.4) is 0 Å². The molecule has 1 aliphatic rings. The van der Waals surface area contributed by atoms with Gasteiger partial charge in [0.1, 0.15) is 5.17 Å². The van der Waals surface area contributed by atoms with E-state index >= 15 is 0 Å². The number of allylic oxidation sites excluding steroid dienone is 1. The van der Waals surface area contributed by atoms with Crippen LogP contribution in [0.25, 0.3) is 0 Å². The Kier molecular flexibility index (Phi) is 1.36. The standard InChI is InChI=1S/C4H4ClNO2S/c1-3-2-9(7,8)6-4(3)5/h2H,1H3. The molecule has 0 amide bonds. The van der Waals surface area contributed by atoms with Crippen LogP contribution in [-0.2, 0) is 10.0 Å². The van der Waals surface area contributed by atoms with Crippen molar-refractivity contribution in [3.63, 3.8) is 0 Å². The molecule has 1 heterocycles. The van der Waals surface area contributed by atoms with Crippen LogP contribution < -0.4 is 0 Å². The molecule has 5 heteroatoms. The number of halogens is 1. The van der Waals surface area contributed by atoms with Crippen molar-refractivity contribution in [1.29, 1.82) is 0 Å². The van der Waals surface area contributed by atoms with E-state index in [-0.39, 0.29) is 5.17 Å². The molecular formula is C4H4ClNO2S. The van der Waals surface area contributed by atoms with Gasteiger partial charge in [-0.1, -0.05) is 11.6 Å². The Bertz CT molecular complexity index is 264. The summed E-state index contributed by atoms with van der Waals surface area (Å²) in [5, 5.41) is 1.10. The molecule has 0 radical (unpaired) electrons. The molecule has 3 nitrogen and oxygen atoms in total. The molecule has 0 saturated carbocycles. The highest BCUT2D eigenvalue weighted by molar-refractivity contribution is 7.93. The van der Waals surface area contributed by atoms with Crippen LogP contribution in [0.15, 0.2) is 15.4 Å². The van der Waals surface area contributed by atoms with Gasteiger partial charge in [0.15, 0.2) is 0 Å². The molecule has 0 aromatic rings. The summed E-state index contributed by atoms with van der Waals surface area (Å²) < 4.78 is 24.2. The Balaban J connectivity index is 3.27. The Morgan fingerprint density at radius 2 is 2.22 bits per heavy atom. The van der Waals surface area contributed by atoms with Gasteiger partial charge in [-0.3, -0.25) is 0 Å². The largest absolute Gasteiger partial charge is 0.277 e. The maximum Gasteiger partial charge on any atom is 0.277 e. The zero-order valence-corrected chi connectivity index (χ0v) is 6.20. The van der Waals surface area contributed by atoms with Crippen molar-refractivity contribution in [1.82, 2.24) is 0 Å². The minimum absolute atomic E-state index is 0.0648. The topological polar surface area (TPSA) is 46.5 Å². The summed E-state index contributed by atoms with van der Waals surface area (Å²) in [6.45, 7) is 1.59. The molecule has 0 N–H and O–H groups in total. The van der Waals surface area contributed by atoms with Gasteiger partial charge in [0.25, 0.3) is 10.0 Å². The Morgan fingerprint density at radius 3 is 2.33 bits per heavy atom. The minimum atomic E-state index is -3.35. The van der Waals surface area contributed by atoms with Crippen LogP contribution in [0, 0.1) is 0 Å². The monoisotopic (exact) mass is 165 g/mol. The highest BCUT2D eigenvalue weighted by atomic mass is 35.5. The van der Waals surface area contributed by atoms with E-state index < -0.39 is 10.0 Å². The fourth-order valence-electron chi connectivity index (χ4n) is 0.482. The van der Waals surface area contributed by atoms with Crippen LogP contribution in [0.5, 0.6) is 0 Å². The molecule has 9 heavy (non-hydrogen) atoms. The van der Waals surface area contributed by atoms with Crippen LogP contribution in [0.2, 0.25) is 0 Å². The number of sulfonamides is 1. The first kappa shape index (κ1) is 6.77. The lowest BCUT2D eigenvalue weighted by atomic mass is 10.4. The smallest absolute Gasteiger partial charge is 0.200 e. The van der Waals surface area contributed by atoms with Crippen molar-refractivity contribution < 1.29 is 8.42 Å². The second-order valence-electron chi connectivity index (χ2n) is 1.70. The molecule has 1 rings (SSSR count). The van der Waals surface area contributed by atoms with Crippen molar-refractivity contribution in [2.24, 2.45) is 4.40 Å². The van der Waals surface area contributed by atoms with Crippen molar-refractivity contribution >= 4 is 26.8 Å². The molecule has 0 atom stereocenters. The Hall–Kier alpha value is -0.350. The first-order chi connectivity index (χ1) is 4.01. The first-order valence-corrected chi connectivity index (χ1v) is 4.08. The van der Waals surface area contributed by atoms with Crippen LogP contribution in [0.1, 0.15) is 6.92 Å². The Morgan fingerprint density at radius 1 is 1.67 bits per heavy atom. The van der Waals surface area contributed by atoms with Crippen molar-refractivity contribution in [3.8, 4) is 0 Å². The summed E-state index contributed by atoms with van der Waals surface area (Å²) >= 11 is 5.35. The van der Waals surface area contributed by atoms with Gasteiger partial charge in [-0.25, -0.2) is 0 Å². The van der Waals surface area contributed by atoms with Crippen LogP contribution >= 0.6 is 11.6 Å². The van der Waals surface area contributed by atoms with E-state index in [0.29, 0.717) is 5.57 Å². The van der Waals surface area contributed by atoms with E-state index in [9.17, 15) is 8.42 Å². The van der Waals surface area contributed by atoms with Crippen LogP contribution in [-0.4, -0.2) is 13.6 Å². The third kappa shape index (κ3) is 1.31. The molecule has 0 unspecified atom stereocenters. The zero-order chi connectivity index (χ0) is 7.07. The SMILES string of the molecule is CC1=CS(=O)(=O)N=C1Cl. The van der Waals surface area contributed by atoms with Gasteiger partial charge < -0.3 is 0 Å². The molecule has 50 valence electrons. The normalized spacial score (nSPS) is 23.3. The summed E-state index contributed by atoms with van der Waals surface area (Å²) in [6, 6.07) is 0. The highest BCUT2D eigenvalue weighted by Gasteiger charge is 2.15. The second kappa shape index (κ2) is 1.82. The quantitative estimate of drug-likeness (QED) is 0.535. The summed E-state index contributed by atoms with van der Waals surface area (Å²) in [5.41, 5.74) is 0.497. The molecular weight excluding hydrogens is 162 g/mol. The van der Waals surface area contributed by atoms with Gasteiger partial charge in [0.05, 0.1) is 5.41 Å². The molecule has 0 aliphatic carbocycles. The van der Waals surface area contributed by atoms with Gasteiger partial charge >= 0.3 is 0 Å². The number of hydrogen-bond acceptors (Lipinski definition) is 2. The lowest BCUT2D eigenvalue weighted by Gasteiger charge is -1.79. The van der Waals surface area contributed by atoms with Gasteiger partial charge in [0, 0.05) is 5.57 Å². The van der Waals surface area contributed by atoms with E-state index in [1.807, 2.05) is 0 Å². The zero-order valence-electron chi connectivity index (χ0n) is 4.63. The van der Waals surface area contributed by atoms with E-state index in [1.54, 1.807) is 6.92 Å². The second-order valence-corrected chi connectivity index (χ2v) is 3.50. The van der Waals surface area contributed by atoms with E-state index in [2.05, 4.69) is 4.40 Å². The molecule has 0 aromatic carbocycles. The van der Waals surface area contributed by atoms with Gasteiger partial charge in [-0.2, -0.15) is 8.42 Å². The summed E-state index contributed by atoms with van der Waals surface area (Å²) in [7, 11) is -3.35. The van der Waals surface area contributed by atoms with E-state index in [1.165, 1.54) is 0 Å². The van der Waals surface area contributed by atoms with Gasteiger partial charge in [0.2, 0.25) is 0 Å². The third-order valence-electron chi connectivity index (χ3n) is 0.858. The molecule has 0 spiro atoms. The van der Waals surface area contributed by atoms with Crippen molar-refractivity contribution in [2.75, 3.05) is 0 Å². The lowest BCUT2D eigenvalue weighted by molar-refractivity contribution is 0.607. The van der Waals surface area contributed by atoms with Crippen molar-refractivity contribution in [3.05, 3.63) is 11.0 Å². The predicted molar refractivity (Wildman–Crippen MR) is 36.0 cm³/mol. The highest BCUT2D eigenvalue weighted by Crippen LogP contribution is 2.15. The fraction of sp³-hybridized carbons (Fsp3) is 0.250. The first-order valence-electron chi connectivity index (χ1n) is 2.20. The number of nitrogens with zero attached hydrogens (tertiary/aromatic N) is 1. The third-order valence-corrected chi connectivity index (χ3v) is 2.43. The average Bonchev–Trinajstić information content (AvgIpc) is 1.79. The summed E-state index contributed by atoms with van der Waals surface area (Å²) in [6.07, 6.45) is 0. The number of hydrogen-bond donors (Lipinski definition) is 0. The van der Waals surface area contributed by atoms with E-state index in [0.717, 1.165) is 5.41 Å². The van der Waals surface area contributed by atoms with Crippen molar-refractivity contribution in [2.45, 2.75) is 6.92 Å². The maximum atomic E-state index is 10.5. The molecule has 1 aliphatic heterocycles. The lowest BCUT2D eigenvalue weighted by Crippen LogP contribution is -1.82. The molecule has 0 saturated heterocycles. The minimum Gasteiger partial charge on any atom is -0.200 e. The van der Waals surface area contributed by atoms with Gasteiger partial charge in [-0.15, -0.1) is 4.40 Å². The summed E-state index contributed by atoms with van der Waals surface area (Å²) in [4.78, 5) is 0. The predicted octanol–water partition coefficient (Wildman–Crippen LogP) is 0.871. The molecule has 0 aromatic heterocycles. The van der Waals surface area contributed by atoms with Crippen LogP contribution in [0.4, 0.5) is 0 Å². The Labute approximate surface area is 58.1 Å². The van der Waals surface area contributed by atoms with Gasteiger partial charge in [-0.05, 0) is 6.92 Å².